The topological polar surface area (TPSA) is 136 Å². The summed E-state index contributed by atoms with van der Waals surface area (Å²) in [5.74, 6) is -0.834. The molecule has 232 valence electrons. The van der Waals surface area contributed by atoms with Crippen molar-refractivity contribution in [3.63, 3.8) is 0 Å². The summed E-state index contributed by atoms with van der Waals surface area (Å²) in [5, 5.41) is 0. The van der Waals surface area contributed by atoms with Gasteiger partial charge in [0.15, 0.2) is 6.10 Å². The summed E-state index contributed by atoms with van der Waals surface area (Å²) in [6.45, 7) is 3.93. The molecule has 0 spiro atoms. The Bertz CT molecular complexity index is 634. The van der Waals surface area contributed by atoms with Crippen LogP contribution in [-0.4, -0.2) is 49.3 Å². The van der Waals surface area contributed by atoms with Crippen molar-refractivity contribution in [3.8, 4) is 0 Å². The van der Waals surface area contributed by atoms with Crippen LogP contribution in [0, 0.1) is 0 Å². The minimum absolute atomic E-state index is 0.0379. The Hall–Kier alpha value is -0.990. The van der Waals surface area contributed by atoms with Gasteiger partial charge in [-0.15, -0.1) is 0 Å². The van der Waals surface area contributed by atoms with E-state index in [0.29, 0.717) is 13.0 Å². The van der Waals surface area contributed by atoms with Gasteiger partial charge in [0.1, 0.15) is 13.2 Å². The lowest BCUT2D eigenvalue weighted by Crippen LogP contribution is -2.52. The fraction of sp³-hybridized carbons (Fsp3) is 0.931. The number of ether oxygens (including phenoxy) is 2. The second-order valence-corrected chi connectivity index (χ2v) is 11.9. The van der Waals surface area contributed by atoms with Gasteiger partial charge in [0.25, 0.3) is 0 Å². The third-order valence-electron chi connectivity index (χ3n) is 6.52. The van der Waals surface area contributed by atoms with E-state index in [-0.39, 0.29) is 26.1 Å². The van der Waals surface area contributed by atoms with Crippen molar-refractivity contribution in [2.75, 3.05) is 26.4 Å². The fourth-order valence-electron chi connectivity index (χ4n) is 4.17. The number of hydrogen-bond acceptors (Lipinski definition) is 7. The third kappa shape index (κ3) is 27.0. The van der Waals surface area contributed by atoms with E-state index in [4.69, 9.17) is 18.5 Å². The molecular formula is C29H59NO8P+. The first-order valence-electron chi connectivity index (χ1n) is 15.6. The molecule has 0 aromatic heterocycles. The van der Waals surface area contributed by atoms with Gasteiger partial charge < -0.3 is 20.1 Å². The molecule has 0 saturated carbocycles. The van der Waals surface area contributed by atoms with Crippen LogP contribution in [0.3, 0.4) is 0 Å². The van der Waals surface area contributed by atoms with E-state index >= 15 is 0 Å². The number of esters is 2. The standard InChI is InChI=1S/C29H58NO8P/c1-3-5-7-8-9-10-11-12-13-14-15-16-17-18-20-22-29(32)38-27(25-35-28(31)21-19-6-4-2)26-37-39(33,34)36-24-23-30/h27H,3-26,30H2,1-2H3,(H,33,34)/p+1/t27-/m1/s1. The molecule has 0 radical (unpaired) electrons. The van der Waals surface area contributed by atoms with Crippen LogP contribution in [0.4, 0.5) is 0 Å². The van der Waals surface area contributed by atoms with E-state index in [1.807, 2.05) is 6.92 Å². The summed E-state index contributed by atoms with van der Waals surface area (Å²) >= 11 is 0. The number of carbonyl (C=O) groups is 2. The van der Waals surface area contributed by atoms with Crippen LogP contribution in [0.5, 0.6) is 0 Å². The maximum absolute atomic E-state index is 12.4. The van der Waals surface area contributed by atoms with Crippen molar-refractivity contribution < 1.29 is 43.3 Å². The highest BCUT2D eigenvalue weighted by Crippen LogP contribution is 2.43. The molecule has 0 rings (SSSR count). The van der Waals surface area contributed by atoms with Gasteiger partial charge in [-0.3, -0.25) is 18.6 Å². The van der Waals surface area contributed by atoms with E-state index < -0.39 is 32.5 Å². The van der Waals surface area contributed by atoms with Gasteiger partial charge in [0, 0.05) is 12.8 Å². The average molecular weight is 581 g/mol. The summed E-state index contributed by atoms with van der Waals surface area (Å²) in [7, 11) is -4.30. The van der Waals surface area contributed by atoms with Crippen LogP contribution in [-0.2, 0) is 32.7 Å². The Morgan fingerprint density at radius 2 is 1.10 bits per heavy atom. The lowest BCUT2D eigenvalue weighted by molar-refractivity contribution is -0.371. The molecule has 0 aromatic carbocycles. The summed E-state index contributed by atoms with van der Waals surface area (Å²) in [5.41, 5.74) is 3.54. The second-order valence-electron chi connectivity index (χ2n) is 10.4. The van der Waals surface area contributed by atoms with Gasteiger partial charge in [-0.2, -0.15) is 0 Å². The predicted molar refractivity (Wildman–Crippen MR) is 154 cm³/mol. The van der Waals surface area contributed by atoms with Crippen molar-refractivity contribution in [2.45, 2.75) is 148 Å². The molecule has 0 aromatic rings. The lowest BCUT2D eigenvalue weighted by atomic mass is 10.0. The first kappa shape index (κ1) is 38.0. The van der Waals surface area contributed by atoms with Crippen LogP contribution in [0.25, 0.3) is 0 Å². The molecule has 2 atom stereocenters. The molecule has 10 heteroatoms. The molecule has 9 nitrogen and oxygen atoms in total. The van der Waals surface area contributed by atoms with Gasteiger partial charge >= 0.3 is 19.8 Å². The summed E-state index contributed by atoms with van der Waals surface area (Å²) in [6.07, 6.45) is 20.8. The van der Waals surface area contributed by atoms with Crippen molar-refractivity contribution in [1.29, 1.82) is 0 Å². The zero-order valence-corrected chi connectivity index (χ0v) is 25.9. The monoisotopic (exact) mass is 580 g/mol. The predicted octanol–water partition coefficient (Wildman–Crippen LogP) is 6.66. The highest BCUT2D eigenvalue weighted by atomic mass is 31.2. The van der Waals surface area contributed by atoms with Crippen molar-refractivity contribution in [1.82, 2.24) is 0 Å². The Kier molecular flexibility index (Phi) is 26.5. The number of quaternary nitrogens is 1. The van der Waals surface area contributed by atoms with Crippen molar-refractivity contribution >= 4 is 19.8 Å². The zero-order chi connectivity index (χ0) is 29.0. The average Bonchev–Trinajstić information content (AvgIpc) is 2.91. The largest absolute Gasteiger partial charge is 0.472 e. The van der Waals surface area contributed by atoms with Gasteiger partial charge in [0.2, 0.25) is 0 Å². The quantitative estimate of drug-likeness (QED) is 0.0569. The molecular weight excluding hydrogens is 521 g/mol. The Morgan fingerprint density at radius 1 is 0.667 bits per heavy atom. The smallest absolute Gasteiger partial charge is 0.462 e. The Labute approximate surface area is 237 Å². The number of unbranched alkanes of at least 4 members (excludes halogenated alkanes) is 16. The molecule has 0 amide bonds. The molecule has 0 fully saturated rings. The number of phosphoric ester groups is 1. The van der Waals surface area contributed by atoms with Crippen LogP contribution >= 0.6 is 7.82 Å². The Morgan fingerprint density at radius 3 is 1.62 bits per heavy atom. The highest BCUT2D eigenvalue weighted by molar-refractivity contribution is 7.47. The van der Waals surface area contributed by atoms with Crippen LogP contribution in [0.2, 0.25) is 0 Å². The van der Waals surface area contributed by atoms with Crippen molar-refractivity contribution in [3.05, 3.63) is 0 Å². The number of hydrogen-bond donors (Lipinski definition) is 2. The normalized spacial score (nSPS) is 13.6. The van der Waals surface area contributed by atoms with E-state index in [9.17, 15) is 19.0 Å². The van der Waals surface area contributed by atoms with Crippen molar-refractivity contribution in [2.24, 2.45) is 0 Å². The molecule has 0 bridgehead atoms. The number of carbonyl (C=O) groups excluding carboxylic acids is 2. The molecule has 0 aliphatic carbocycles. The van der Waals surface area contributed by atoms with Gasteiger partial charge in [0.05, 0.1) is 13.2 Å². The first-order valence-corrected chi connectivity index (χ1v) is 17.1. The van der Waals surface area contributed by atoms with Gasteiger partial charge in [-0.1, -0.05) is 117 Å². The number of phosphoric acid groups is 1. The van der Waals surface area contributed by atoms with Gasteiger partial charge in [-0.05, 0) is 12.8 Å². The van der Waals surface area contributed by atoms with E-state index in [2.05, 4.69) is 12.7 Å². The maximum atomic E-state index is 12.4. The van der Waals surface area contributed by atoms with Crippen LogP contribution < -0.4 is 5.73 Å². The molecule has 0 aliphatic heterocycles. The minimum atomic E-state index is -4.30. The maximum Gasteiger partial charge on any atom is 0.472 e. The molecule has 4 N–H and O–H groups in total. The minimum Gasteiger partial charge on any atom is -0.462 e. The summed E-state index contributed by atoms with van der Waals surface area (Å²) in [6, 6.07) is 0. The summed E-state index contributed by atoms with van der Waals surface area (Å²) in [4.78, 5) is 34.0. The van der Waals surface area contributed by atoms with Crippen LogP contribution in [0.15, 0.2) is 0 Å². The molecule has 0 heterocycles. The molecule has 39 heavy (non-hydrogen) atoms. The third-order valence-corrected chi connectivity index (χ3v) is 7.50. The molecule has 0 aliphatic rings. The number of rotatable bonds is 29. The fourth-order valence-corrected chi connectivity index (χ4v) is 4.96. The summed E-state index contributed by atoms with van der Waals surface area (Å²) < 4.78 is 32.3. The second kappa shape index (κ2) is 27.2. The lowest BCUT2D eigenvalue weighted by Gasteiger charge is -2.19. The van der Waals surface area contributed by atoms with E-state index in [1.165, 1.54) is 77.0 Å². The van der Waals surface area contributed by atoms with Crippen LogP contribution in [0.1, 0.15) is 142 Å². The SMILES string of the molecule is CCCCCCCCCCCCCCCCCC(=O)O[C@H](COC(=O)CCCCC)COP(=O)(O)OCC[NH3+]. The van der Waals surface area contributed by atoms with E-state index in [0.717, 1.165) is 32.1 Å². The van der Waals surface area contributed by atoms with E-state index in [1.54, 1.807) is 0 Å². The highest BCUT2D eigenvalue weighted by Gasteiger charge is 2.26. The molecule has 1 unspecified atom stereocenters. The zero-order valence-electron chi connectivity index (χ0n) is 25.0. The first-order chi connectivity index (χ1) is 18.8. The Balaban J connectivity index is 4.09. The molecule has 0 saturated heterocycles. The van der Waals surface area contributed by atoms with Gasteiger partial charge in [-0.25, -0.2) is 4.57 Å².